The maximum atomic E-state index is 12.3. The van der Waals surface area contributed by atoms with Crippen molar-refractivity contribution in [2.45, 2.75) is 33.2 Å². The van der Waals surface area contributed by atoms with Gasteiger partial charge in [0.25, 0.3) is 0 Å². The smallest absolute Gasteiger partial charge is 0.342 e. The van der Waals surface area contributed by atoms with Crippen LogP contribution in [0.3, 0.4) is 0 Å². The number of esters is 1. The highest BCUT2D eigenvalue weighted by molar-refractivity contribution is 5.91. The molecule has 0 aliphatic heterocycles. The lowest BCUT2D eigenvalue weighted by atomic mass is 10.0. The second kappa shape index (κ2) is 8.39. The standard InChI is InChI=1S/C22H25NO3/c1-16(21(25)26-18-13-9-6-10-14-18)20(24)15-19(23-22(2,3)4)17-11-7-5-8-12-17/h5-15,23-24H,1-4H3/b19-15-,20-16+. The van der Waals surface area contributed by atoms with E-state index in [-0.39, 0.29) is 16.9 Å². The first-order valence-electron chi connectivity index (χ1n) is 8.48. The van der Waals surface area contributed by atoms with E-state index in [9.17, 15) is 9.90 Å². The van der Waals surface area contributed by atoms with Gasteiger partial charge in [0.15, 0.2) is 0 Å². The van der Waals surface area contributed by atoms with E-state index in [1.807, 2.05) is 57.2 Å². The first-order chi connectivity index (χ1) is 12.3. The van der Waals surface area contributed by atoms with E-state index in [1.54, 1.807) is 30.3 Å². The number of ether oxygens (including phenoxy) is 1. The average molecular weight is 351 g/mol. The highest BCUT2D eigenvalue weighted by atomic mass is 16.5. The van der Waals surface area contributed by atoms with Gasteiger partial charge in [-0.15, -0.1) is 0 Å². The summed E-state index contributed by atoms with van der Waals surface area (Å²) in [5, 5.41) is 13.8. The molecule has 0 fully saturated rings. The quantitative estimate of drug-likeness (QED) is 0.266. The molecule has 136 valence electrons. The topological polar surface area (TPSA) is 58.6 Å². The highest BCUT2D eigenvalue weighted by Crippen LogP contribution is 2.19. The molecule has 0 amide bonds. The highest BCUT2D eigenvalue weighted by Gasteiger charge is 2.16. The van der Waals surface area contributed by atoms with Gasteiger partial charge in [0.05, 0.1) is 5.57 Å². The number of carbonyl (C=O) groups is 1. The molecular weight excluding hydrogens is 326 g/mol. The molecule has 0 bridgehead atoms. The molecule has 0 aliphatic rings. The normalized spacial score (nSPS) is 13.0. The first-order valence-corrected chi connectivity index (χ1v) is 8.48. The zero-order chi connectivity index (χ0) is 19.2. The summed E-state index contributed by atoms with van der Waals surface area (Å²) in [6.07, 6.45) is 1.56. The minimum Gasteiger partial charge on any atom is -0.507 e. The SMILES string of the molecule is C/C(C(=O)Oc1ccccc1)=C(O)/C=C(\NC(C)(C)C)c1ccccc1. The molecular formula is C22H25NO3. The minimum absolute atomic E-state index is 0.137. The molecule has 0 spiro atoms. The Morgan fingerprint density at radius 2 is 1.54 bits per heavy atom. The Morgan fingerprint density at radius 3 is 2.08 bits per heavy atom. The van der Waals surface area contributed by atoms with Crippen molar-refractivity contribution in [3.63, 3.8) is 0 Å². The summed E-state index contributed by atoms with van der Waals surface area (Å²) in [6.45, 7) is 7.63. The first kappa shape index (κ1) is 19.3. The number of hydrogen-bond donors (Lipinski definition) is 2. The Hall–Kier alpha value is -3.01. The second-order valence-electron chi connectivity index (χ2n) is 7.01. The minimum atomic E-state index is -0.590. The molecule has 0 radical (unpaired) electrons. The van der Waals surface area contributed by atoms with Gasteiger partial charge < -0.3 is 15.2 Å². The number of aliphatic hydroxyl groups is 1. The van der Waals surface area contributed by atoms with Crippen LogP contribution in [0.1, 0.15) is 33.3 Å². The number of allylic oxidation sites excluding steroid dienone is 1. The second-order valence-corrected chi connectivity index (χ2v) is 7.01. The molecule has 0 unspecified atom stereocenters. The fourth-order valence-electron chi connectivity index (χ4n) is 2.23. The number of nitrogens with one attached hydrogen (secondary N) is 1. The number of para-hydroxylation sites is 1. The van der Waals surface area contributed by atoms with E-state index < -0.39 is 5.97 Å². The van der Waals surface area contributed by atoms with E-state index in [4.69, 9.17) is 4.74 Å². The molecule has 0 saturated carbocycles. The van der Waals surface area contributed by atoms with Gasteiger partial charge in [0.2, 0.25) is 0 Å². The lowest BCUT2D eigenvalue weighted by Gasteiger charge is -2.24. The zero-order valence-corrected chi connectivity index (χ0v) is 15.6. The van der Waals surface area contributed by atoms with Crippen molar-refractivity contribution in [1.82, 2.24) is 5.32 Å². The van der Waals surface area contributed by atoms with Gasteiger partial charge in [-0.05, 0) is 45.4 Å². The molecule has 2 N–H and O–H groups in total. The average Bonchev–Trinajstić information content (AvgIpc) is 2.61. The van der Waals surface area contributed by atoms with Crippen molar-refractivity contribution < 1.29 is 14.6 Å². The van der Waals surface area contributed by atoms with Gasteiger partial charge >= 0.3 is 5.97 Å². The molecule has 0 saturated heterocycles. The van der Waals surface area contributed by atoms with Gasteiger partial charge in [-0.25, -0.2) is 4.79 Å². The Morgan fingerprint density at radius 1 is 1.00 bits per heavy atom. The van der Waals surface area contributed by atoms with Crippen LogP contribution < -0.4 is 10.1 Å². The summed E-state index contributed by atoms with van der Waals surface area (Å²) in [6, 6.07) is 18.4. The Kier molecular flexibility index (Phi) is 6.23. The van der Waals surface area contributed by atoms with Crippen LogP contribution in [-0.2, 0) is 4.79 Å². The number of benzene rings is 2. The molecule has 4 nitrogen and oxygen atoms in total. The maximum Gasteiger partial charge on any atom is 0.342 e. The van der Waals surface area contributed by atoms with Gasteiger partial charge in [-0.1, -0.05) is 48.5 Å². The number of aliphatic hydroxyl groups excluding tert-OH is 1. The summed E-state index contributed by atoms with van der Waals surface area (Å²) in [5.74, 6) is -0.292. The van der Waals surface area contributed by atoms with Crippen molar-refractivity contribution in [3.8, 4) is 5.75 Å². The molecule has 2 aromatic carbocycles. The summed E-state index contributed by atoms with van der Waals surface area (Å²) >= 11 is 0. The molecule has 0 aromatic heterocycles. The van der Waals surface area contributed by atoms with Crippen LogP contribution in [0.2, 0.25) is 0 Å². The van der Waals surface area contributed by atoms with Gasteiger partial charge in [-0.2, -0.15) is 0 Å². The third-order valence-corrected chi connectivity index (χ3v) is 3.52. The number of hydrogen-bond acceptors (Lipinski definition) is 4. The summed E-state index contributed by atoms with van der Waals surface area (Å²) in [4.78, 5) is 12.3. The van der Waals surface area contributed by atoms with Crippen LogP contribution in [0.5, 0.6) is 5.75 Å². The van der Waals surface area contributed by atoms with Crippen molar-refractivity contribution in [2.24, 2.45) is 0 Å². The largest absolute Gasteiger partial charge is 0.507 e. The summed E-state index contributed by atoms with van der Waals surface area (Å²) in [5.41, 5.74) is 1.57. The van der Waals surface area contributed by atoms with Crippen molar-refractivity contribution in [1.29, 1.82) is 0 Å². The van der Waals surface area contributed by atoms with Crippen molar-refractivity contribution >= 4 is 11.7 Å². The van der Waals surface area contributed by atoms with Crippen LogP contribution in [0.25, 0.3) is 5.70 Å². The predicted molar refractivity (Wildman–Crippen MR) is 105 cm³/mol. The van der Waals surface area contributed by atoms with Gasteiger partial charge in [-0.3, -0.25) is 0 Å². The van der Waals surface area contributed by atoms with Gasteiger partial charge in [0, 0.05) is 17.3 Å². The van der Waals surface area contributed by atoms with E-state index in [0.29, 0.717) is 5.75 Å². The maximum absolute atomic E-state index is 12.3. The lowest BCUT2D eigenvalue weighted by Crippen LogP contribution is -2.34. The lowest BCUT2D eigenvalue weighted by molar-refractivity contribution is -0.130. The van der Waals surface area contributed by atoms with E-state index >= 15 is 0 Å². The Bertz CT molecular complexity index is 800. The molecule has 0 aliphatic carbocycles. The van der Waals surface area contributed by atoms with Crippen LogP contribution >= 0.6 is 0 Å². The molecule has 26 heavy (non-hydrogen) atoms. The molecule has 4 heteroatoms. The Labute approximate surface area is 154 Å². The van der Waals surface area contributed by atoms with Crippen LogP contribution in [0, 0.1) is 0 Å². The van der Waals surface area contributed by atoms with Gasteiger partial charge in [0.1, 0.15) is 11.5 Å². The molecule has 0 heterocycles. The van der Waals surface area contributed by atoms with E-state index in [0.717, 1.165) is 11.3 Å². The molecule has 2 aromatic rings. The Balaban J connectivity index is 2.31. The summed E-state index contributed by atoms with van der Waals surface area (Å²) < 4.78 is 5.28. The third kappa shape index (κ3) is 5.81. The van der Waals surface area contributed by atoms with Crippen LogP contribution in [0.4, 0.5) is 0 Å². The predicted octanol–water partition coefficient (Wildman–Crippen LogP) is 4.85. The number of rotatable bonds is 5. The fourth-order valence-corrected chi connectivity index (χ4v) is 2.23. The zero-order valence-electron chi connectivity index (χ0n) is 15.6. The number of carbonyl (C=O) groups excluding carboxylic acids is 1. The summed E-state index contributed by atoms with van der Waals surface area (Å²) in [7, 11) is 0. The molecule has 2 rings (SSSR count). The van der Waals surface area contributed by atoms with E-state index in [1.165, 1.54) is 6.92 Å². The van der Waals surface area contributed by atoms with E-state index in [2.05, 4.69) is 5.32 Å². The van der Waals surface area contributed by atoms with Crippen molar-refractivity contribution in [2.75, 3.05) is 0 Å². The van der Waals surface area contributed by atoms with Crippen molar-refractivity contribution in [3.05, 3.63) is 83.6 Å². The monoisotopic (exact) mass is 351 g/mol. The fraction of sp³-hybridized carbons (Fsp3) is 0.227. The van der Waals surface area contributed by atoms with Crippen LogP contribution in [-0.4, -0.2) is 16.6 Å². The third-order valence-electron chi connectivity index (χ3n) is 3.52. The van der Waals surface area contributed by atoms with Crippen LogP contribution in [0.15, 0.2) is 78.1 Å². The molecule has 0 atom stereocenters.